The number of piperidine rings is 1. The third-order valence-corrected chi connectivity index (χ3v) is 4.91. The molecule has 2 fully saturated rings. The minimum atomic E-state index is 0. The topological polar surface area (TPSA) is 66.1 Å². The number of nitrogens with one attached hydrogen (secondary N) is 1. The van der Waals surface area contributed by atoms with Crippen LogP contribution in [0.2, 0.25) is 0 Å². The Bertz CT molecular complexity index is 366. The number of hydrogen-bond acceptors (Lipinski definition) is 4. The van der Waals surface area contributed by atoms with Crippen molar-refractivity contribution in [1.82, 2.24) is 15.1 Å². The molecule has 0 saturated carbocycles. The van der Waals surface area contributed by atoms with Crippen molar-refractivity contribution in [1.29, 1.82) is 0 Å². The van der Waals surface area contributed by atoms with Crippen LogP contribution >= 0.6 is 24.0 Å². The molecule has 7 heteroatoms. The first-order chi connectivity index (χ1) is 11.1. The molecule has 0 aliphatic carbocycles. The van der Waals surface area contributed by atoms with E-state index in [0.717, 1.165) is 52.4 Å². The van der Waals surface area contributed by atoms with Gasteiger partial charge in [0, 0.05) is 25.2 Å². The van der Waals surface area contributed by atoms with Gasteiger partial charge < -0.3 is 15.8 Å². The van der Waals surface area contributed by atoms with E-state index >= 15 is 0 Å². The van der Waals surface area contributed by atoms with Gasteiger partial charge in [0.2, 0.25) is 0 Å². The maximum atomic E-state index is 6.02. The Labute approximate surface area is 164 Å². The van der Waals surface area contributed by atoms with Crippen molar-refractivity contribution in [2.45, 2.75) is 45.1 Å². The molecule has 142 valence electrons. The lowest BCUT2D eigenvalue weighted by Gasteiger charge is -2.40. The molecule has 0 aromatic rings. The second-order valence-corrected chi connectivity index (χ2v) is 7.30. The molecule has 0 aromatic carbocycles. The molecule has 2 aliphatic rings. The number of nitrogens with zero attached hydrogens (tertiary/aromatic N) is 3. The summed E-state index contributed by atoms with van der Waals surface area (Å²) in [4.78, 5) is 9.55. The molecule has 0 unspecified atom stereocenters. The molecule has 0 aromatic heterocycles. The van der Waals surface area contributed by atoms with Crippen molar-refractivity contribution in [2.24, 2.45) is 10.7 Å². The number of hydrogen-bond donors (Lipinski definition) is 2. The van der Waals surface area contributed by atoms with Crippen molar-refractivity contribution in [2.75, 3.05) is 59.0 Å². The second kappa shape index (κ2) is 11.5. The molecular formula is C17H36IN5O. The summed E-state index contributed by atoms with van der Waals surface area (Å²) in [5.74, 6) is 0.581. The van der Waals surface area contributed by atoms with Crippen LogP contribution in [0.4, 0.5) is 0 Å². The van der Waals surface area contributed by atoms with Crippen molar-refractivity contribution >= 4 is 29.9 Å². The van der Waals surface area contributed by atoms with Gasteiger partial charge in [-0.1, -0.05) is 6.42 Å². The van der Waals surface area contributed by atoms with Gasteiger partial charge in [0.15, 0.2) is 5.96 Å². The predicted molar refractivity (Wildman–Crippen MR) is 111 cm³/mol. The zero-order chi connectivity index (χ0) is 16.5. The van der Waals surface area contributed by atoms with Crippen molar-refractivity contribution in [3.8, 4) is 0 Å². The first kappa shape index (κ1) is 21.9. The molecule has 0 atom stereocenters. The summed E-state index contributed by atoms with van der Waals surface area (Å²) in [5.41, 5.74) is 6.11. The summed E-state index contributed by atoms with van der Waals surface area (Å²) in [6, 6.07) is 0. The fraction of sp³-hybridized carbons (Fsp3) is 0.941. The van der Waals surface area contributed by atoms with Crippen molar-refractivity contribution < 1.29 is 4.74 Å². The first-order valence-corrected chi connectivity index (χ1v) is 9.17. The maximum Gasteiger partial charge on any atom is 0.188 e. The van der Waals surface area contributed by atoms with Gasteiger partial charge in [-0.15, -0.1) is 24.0 Å². The van der Waals surface area contributed by atoms with E-state index in [1.807, 2.05) is 0 Å². The van der Waals surface area contributed by atoms with Gasteiger partial charge in [-0.2, -0.15) is 0 Å². The van der Waals surface area contributed by atoms with Crippen molar-refractivity contribution in [3.05, 3.63) is 0 Å². The maximum absolute atomic E-state index is 6.02. The molecule has 0 radical (unpaired) electrons. The fourth-order valence-corrected chi connectivity index (χ4v) is 3.28. The van der Waals surface area contributed by atoms with E-state index in [-0.39, 0.29) is 29.5 Å². The fourth-order valence-electron chi connectivity index (χ4n) is 3.28. The molecule has 2 aliphatic heterocycles. The standard InChI is InChI=1S/C17H35N5O.HI/c1-17(2,22-9-4-3-5-10-22)15-20-16(18)19-7-6-8-21-11-13-23-14-12-21;/h3-15H2,1-2H3,(H3,18,19,20);1H. The van der Waals surface area contributed by atoms with Crippen LogP contribution in [-0.4, -0.2) is 80.3 Å². The Balaban J connectivity index is 0.00000288. The Kier molecular flexibility index (Phi) is 10.5. The third kappa shape index (κ3) is 7.84. The van der Waals surface area contributed by atoms with Crippen LogP contribution in [0.1, 0.15) is 39.5 Å². The minimum absolute atomic E-state index is 0. The molecule has 0 spiro atoms. The van der Waals surface area contributed by atoms with Gasteiger partial charge in [-0.3, -0.25) is 14.8 Å². The molecule has 6 nitrogen and oxygen atoms in total. The molecule has 3 N–H and O–H groups in total. The van der Waals surface area contributed by atoms with E-state index < -0.39 is 0 Å². The highest BCUT2D eigenvalue weighted by molar-refractivity contribution is 14.0. The van der Waals surface area contributed by atoms with Crippen LogP contribution in [0.5, 0.6) is 0 Å². The van der Waals surface area contributed by atoms with Crippen LogP contribution in [-0.2, 0) is 4.74 Å². The lowest BCUT2D eigenvalue weighted by atomic mass is 9.99. The lowest BCUT2D eigenvalue weighted by Crippen LogP contribution is -2.49. The normalized spacial score (nSPS) is 21.3. The van der Waals surface area contributed by atoms with Gasteiger partial charge in [0.25, 0.3) is 0 Å². The summed E-state index contributed by atoms with van der Waals surface area (Å²) in [5, 5.41) is 3.25. The third-order valence-electron chi connectivity index (χ3n) is 4.91. The highest BCUT2D eigenvalue weighted by Crippen LogP contribution is 2.20. The van der Waals surface area contributed by atoms with Gasteiger partial charge >= 0.3 is 0 Å². The highest BCUT2D eigenvalue weighted by atomic mass is 127. The average Bonchev–Trinajstić information content (AvgIpc) is 2.59. The summed E-state index contributed by atoms with van der Waals surface area (Å²) in [7, 11) is 0. The monoisotopic (exact) mass is 453 g/mol. The SMILES string of the molecule is CC(C)(CN=C(N)NCCCN1CCOCC1)N1CCCCC1.I. The summed E-state index contributed by atoms with van der Waals surface area (Å²) >= 11 is 0. The molecular weight excluding hydrogens is 417 g/mol. The van der Waals surface area contributed by atoms with Crippen LogP contribution in [0, 0.1) is 0 Å². The Morgan fingerprint density at radius 3 is 2.46 bits per heavy atom. The first-order valence-electron chi connectivity index (χ1n) is 9.17. The summed E-state index contributed by atoms with van der Waals surface area (Å²) in [6.07, 6.45) is 5.07. The zero-order valence-electron chi connectivity index (χ0n) is 15.4. The van der Waals surface area contributed by atoms with Gasteiger partial charge in [0.05, 0.1) is 19.8 Å². The molecule has 2 saturated heterocycles. The predicted octanol–water partition coefficient (Wildman–Crippen LogP) is 1.50. The van der Waals surface area contributed by atoms with E-state index in [1.54, 1.807) is 0 Å². The molecule has 0 amide bonds. The van der Waals surface area contributed by atoms with E-state index in [9.17, 15) is 0 Å². The Morgan fingerprint density at radius 1 is 1.12 bits per heavy atom. The number of rotatable bonds is 7. The van der Waals surface area contributed by atoms with E-state index in [2.05, 4.69) is 34.0 Å². The van der Waals surface area contributed by atoms with Crippen LogP contribution in [0.15, 0.2) is 4.99 Å². The van der Waals surface area contributed by atoms with E-state index in [4.69, 9.17) is 10.5 Å². The number of guanidine groups is 1. The molecule has 24 heavy (non-hydrogen) atoms. The largest absolute Gasteiger partial charge is 0.379 e. The van der Waals surface area contributed by atoms with Gasteiger partial charge in [0.1, 0.15) is 0 Å². The zero-order valence-corrected chi connectivity index (χ0v) is 17.8. The lowest BCUT2D eigenvalue weighted by molar-refractivity contribution is 0.0376. The van der Waals surface area contributed by atoms with E-state index in [0.29, 0.717) is 5.96 Å². The number of likely N-dealkylation sites (tertiary alicyclic amines) is 1. The Morgan fingerprint density at radius 2 is 1.79 bits per heavy atom. The number of nitrogens with two attached hydrogens (primary N) is 1. The number of ether oxygens (including phenoxy) is 1. The number of halogens is 1. The number of aliphatic imine (C=N–C) groups is 1. The summed E-state index contributed by atoms with van der Waals surface area (Å²) < 4.78 is 5.36. The highest BCUT2D eigenvalue weighted by Gasteiger charge is 2.27. The van der Waals surface area contributed by atoms with E-state index in [1.165, 1.54) is 32.4 Å². The molecule has 2 heterocycles. The molecule has 0 bridgehead atoms. The van der Waals surface area contributed by atoms with Crippen LogP contribution in [0.3, 0.4) is 0 Å². The average molecular weight is 453 g/mol. The minimum Gasteiger partial charge on any atom is -0.379 e. The Hall–Kier alpha value is -0.120. The van der Waals surface area contributed by atoms with Crippen LogP contribution < -0.4 is 11.1 Å². The van der Waals surface area contributed by atoms with Crippen molar-refractivity contribution in [3.63, 3.8) is 0 Å². The van der Waals surface area contributed by atoms with Crippen LogP contribution in [0.25, 0.3) is 0 Å². The quantitative estimate of drug-likeness (QED) is 0.265. The molecule has 2 rings (SSSR count). The second-order valence-electron chi connectivity index (χ2n) is 7.30. The van der Waals surface area contributed by atoms with Gasteiger partial charge in [-0.05, 0) is 52.7 Å². The smallest absolute Gasteiger partial charge is 0.188 e. The summed E-state index contributed by atoms with van der Waals surface area (Å²) in [6.45, 7) is 13.5. The number of morpholine rings is 1. The van der Waals surface area contributed by atoms with Gasteiger partial charge in [-0.25, -0.2) is 0 Å².